The fourth-order valence-electron chi connectivity index (χ4n) is 2.35. The van der Waals surface area contributed by atoms with E-state index in [1.165, 1.54) is 24.3 Å². The molecule has 0 spiro atoms. The summed E-state index contributed by atoms with van der Waals surface area (Å²) in [4.78, 5) is 14.0. The van der Waals surface area contributed by atoms with Crippen molar-refractivity contribution in [3.8, 4) is 5.75 Å². The topological polar surface area (TPSA) is 53.6 Å². The van der Waals surface area contributed by atoms with Gasteiger partial charge in [0.25, 0.3) is 0 Å². The van der Waals surface area contributed by atoms with Gasteiger partial charge < -0.3 is 20.3 Å². The van der Waals surface area contributed by atoms with E-state index in [0.29, 0.717) is 12.2 Å². The molecule has 0 heterocycles. The lowest BCUT2D eigenvalue weighted by molar-refractivity contribution is 0.243. The molecule has 0 fully saturated rings. The Morgan fingerprint density at radius 2 is 1.92 bits per heavy atom. The second kappa shape index (κ2) is 8.31. The predicted molar refractivity (Wildman–Crippen MR) is 92.8 cm³/mol. The number of carbonyl (C=O) groups excluding carboxylic acids is 1. The summed E-state index contributed by atoms with van der Waals surface area (Å²) in [6, 6.07) is 13.0. The number of hydrogen-bond acceptors (Lipinski definition) is 3. The molecule has 128 valence electrons. The summed E-state index contributed by atoms with van der Waals surface area (Å²) in [6.45, 7) is 0.424. The number of methoxy groups -OCH3 is 1. The SMILES string of the molecule is COc1cccc([C@H](CNC(=O)Nc2ccc(F)cc2)N(C)C)c1. The molecular formula is C18H22FN3O2. The Kier molecular flexibility index (Phi) is 6.14. The van der Waals surface area contributed by atoms with Crippen LogP contribution >= 0.6 is 0 Å². The number of amides is 2. The van der Waals surface area contributed by atoms with Gasteiger partial charge in [-0.05, 0) is 56.1 Å². The largest absolute Gasteiger partial charge is 0.497 e. The fraction of sp³-hybridized carbons (Fsp3) is 0.278. The minimum absolute atomic E-state index is 0.000863. The Morgan fingerprint density at radius 3 is 2.54 bits per heavy atom. The highest BCUT2D eigenvalue weighted by Gasteiger charge is 2.16. The molecule has 0 bridgehead atoms. The lowest BCUT2D eigenvalue weighted by atomic mass is 10.1. The van der Waals surface area contributed by atoms with Gasteiger partial charge in [-0.1, -0.05) is 12.1 Å². The van der Waals surface area contributed by atoms with Gasteiger partial charge in [0, 0.05) is 12.2 Å². The second-order valence-corrected chi connectivity index (χ2v) is 5.60. The van der Waals surface area contributed by atoms with Gasteiger partial charge in [-0.2, -0.15) is 0 Å². The number of benzene rings is 2. The molecule has 5 nitrogen and oxygen atoms in total. The van der Waals surface area contributed by atoms with E-state index in [4.69, 9.17) is 4.74 Å². The fourth-order valence-corrected chi connectivity index (χ4v) is 2.35. The summed E-state index contributed by atoms with van der Waals surface area (Å²) in [7, 11) is 5.52. The molecule has 0 aliphatic rings. The Bertz CT molecular complexity index is 674. The van der Waals surface area contributed by atoms with Crippen LogP contribution in [0.4, 0.5) is 14.9 Å². The summed E-state index contributed by atoms with van der Waals surface area (Å²) < 4.78 is 18.1. The molecule has 0 aromatic heterocycles. The van der Waals surface area contributed by atoms with Crippen LogP contribution in [-0.2, 0) is 0 Å². The van der Waals surface area contributed by atoms with E-state index in [9.17, 15) is 9.18 Å². The number of anilines is 1. The lowest BCUT2D eigenvalue weighted by Gasteiger charge is -2.25. The van der Waals surface area contributed by atoms with Crippen LogP contribution < -0.4 is 15.4 Å². The number of hydrogen-bond donors (Lipinski definition) is 2. The van der Waals surface area contributed by atoms with Crippen molar-refractivity contribution in [2.45, 2.75) is 6.04 Å². The van der Waals surface area contributed by atoms with Gasteiger partial charge in [-0.15, -0.1) is 0 Å². The molecule has 24 heavy (non-hydrogen) atoms. The monoisotopic (exact) mass is 331 g/mol. The molecule has 2 rings (SSSR count). The van der Waals surface area contributed by atoms with Crippen LogP contribution in [0, 0.1) is 5.82 Å². The van der Waals surface area contributed by atoms with Gasteiger partial charge in [0.1, 0.15) is 11.6 Å². The van der Waals surface area contributed by atoms with E-state index >= 15 is 0 Å². The molecular weight excluding hydrogens is 309 g/mol. The van der Waals surface area contributed by atoms with Crippen molar-refractivity contribution in [3.63, 3.8) is 0 Å². The number of ether oxygens (including phenoxy) is 1. The van der Waals surface area contributed by atoms with Crippen LogP contribution in [0.25, 0.3) is 0 Å². The number of nitrogens with one attached hydrogen (secondary N) is 2. The first-order chi connectivity index (χ1) is 11.5. The maximum atomic E-state index is 12.9. The van der Waals surface area contributed by atoms with Crippen molar-refractivity contribution in [1.82, 2.24) is 10.2 Å². The predicted octanol–water partition coefficient (Wildman–Crippen LogP) is 3.26. The Labute approximate surface area is 141 Å². The molecule has 2 aromatic carbocycles. The maximum absolute atomic E-state index is 12.9. The minimum Gasteiger partial charge on any atom is -0.497 e. The molecule has 0 saturated carbocycles. The van der Waals surface area contributed by atoms with Crippen LogP contribution in [0.15, 0.2) is 48.5 Å². The van der Waals surface area contributed by atoms with Crippen molar-refractivity contribution in [3.05, 3.63) is 59.9 Å². The van der Waals surface area contributed by atoms with Crippen molar-refractivity contribution < 1.29 is 13.9 Å². The molecule has 2 amide bonds. The third-order valence-electron chi connectivity index (χ3n) is 3.66. The zero-order valence-corrected chi connectivity index (χ0v) is 14.0. The van der Waals surface area contributed by atoms with Crippen molar-refractivity contribution in [1.29, 1.82) is 0 Å². The van der Waals surface area contributed by atoms with E-state index in [-0.39, 0.29) is 17.9 Å². The zero-order chi connectivity index (χ0) is 17.5. The van der Waals surface area contributed by atoms with Gasteiger partial charge >= 0.3 is 6.03 Å². The van der Waals surface area contributed by atoms with Gasteiger partial charge in [0.05, 0.1) is 13.2 Å². The molecule has 1 atom stereocenters. The average Bonchev–Trinajstić information content (AvgIpc) is 2.57. The maximum Gasteiger partial charge on any atom is 0.319 e. The number of halogens is 1. The van der Waals surface area contributed by atoms with Crippen molar-refractivity contribution in [2.75, 3.05) is 33.1 Å². The zero-order valence-electron chi connectivity index (χ0n) is 14.0. The van der Waals surface area contributed by atoms with Crippen molar-refractivity contribution >= 4 is 11.7 Å². The van der Waals surface area contributed by atoms with Gasteiger partial charge in [0.15, 0.2) is 0 Å². The lowest BCUT2D eigenvalue weighted by Crippen LogP contribution is -2.36. The number of rotatable bonds is 6. The Hall–Kier alpha value is -2.60. The van der Waals surface area contributed by atoms with Crippen LogP contribution in [0.2, 0.25) is 0 Å². The highest BCUT2D eigenvalue weighted by Crippen LogP contribution is 2.22. The van der Waals surface area contributed by atoms with E-state index < -0.39 is 0 Å². The summed E-state index contributed by atoms with van der Waals surface area (Å²) in [5.41, 5.74) is 1.58. The number of urea groups is 1. The van der Waals surface area contributed by atoms with Gasteiger partial charge in [-0.3, -0.25) is 0 Å². The summed E-state index contributed by atoms with van der Waals surface area (Å²) in [6.07, 6.45) is 0. The van der Waals surface area contributed by atoms with E-state index in [0.717, 1.165) is 11.3 Å². The Morgan fingerprint density at radius 1 is 1.21 bits per heavy atom. The molecule has 2 N–H and O–H groups in total. The third kappa shape index (κ3) is 4.96. The number of likely N-dealkylation sites (N-methyl/N-ethyl adjacent to an activating group) is 1. The first kappa shape index (κ1) is 17.7. The standard InChI is InChI=1S/C18H22FN3O2/c1-22(2)17(13-5-4-6-16(11-13)24-3)12-20-18(23)21-15-9-7-14(19)8-10-15/h4-11,17H,12H2,1-3H3,(H2,20,21,23)/t17-/m0/s1. The first-order valence-electron chi connectivity index (χ1n) is 7.60. The molecule has 2 aromatic rings. The van der Waals surface area contributed by atoms with Crippen molar-refractivity contribution in [2.24, 2.45) is 0 Å². The first-order valence-corrected chi connectivity index (χ1v) is 7.60. The molecule has 0 radical (unpaired) electrons. The third-order valence-corrected chi connectivity index (χ3v) is 3.66. The van der Waals surface area contributed by atoms with E-state index in [2.05, 4.69) is 10.6 Å². The van der Waals surface area contributed by atoms with Gasteiger partial charge in [-0.25, -0.2) is 9.18 Å². The normalized spacial score (nSPS) is 11.9. The molecule has 6 heteroatoms. The molecule has 0 saturated heterocycles. The Balaban J connectivity index is 1.98. The highest BCUT2D eigenvalue weighted by molar-refractivity contribution is 5.89. The quantitative estimate of drug-likeness (QED) is 0.854. The summed E-state index contributed by atoms with van der Waals surface area (Å²) >= 11 is 0. The molecule has 0 aliphatic carbocycles. The number of nitrogens with zero attached hydrogens (tertiary/aromatic N) is 1. The summed E-state index contributed by atoms with van der Waals surface area (Å²) in [5.74, 6) is 0.432. The van der Waals surface area contributed by atoms with Crippen LogP contribution in [-0.4, -0.2) is 38.7 Å². The van der Waals surface area contributed by atoms with Crippen LogP contribution in [0.5, 0.6) is 5.75 Å². The highest BCUT2D eigenvalue weighted by atomic mass is 19.1. The van der Waals surface area contributed by atoms with E-state index in [1.54, 1.807) is 7.11 Å². The van der Waals surface area contributed by atoms with Crippen LogP contribution in [0.3, 0.4) is 0 Å². The van der Waals surface area contributed by atoms with Crippen LogP contribution in [0.1, 0.15) is 11.6 Å². The molecule has 0 unspecified atom stereocenters. The smallest absolute Gasteiger partial charge is 0.319 e. The summed E-state index contributed by atoms with van der Waals surface area (Å²) in [5, 5.41) is 5.51. The number of carbonyl (C=O) groups is 1. The molecule has 0 aliphatic heterocycles. The van der Waals surface area contributed by atoms with E-state index in [1.807, 2.05) is 43.3 Å². The average molecular weight is 331 g/mol. The minimum atomic E-state index is -0.341. The van der Waals surface area contributed by atoms with Gasteiger partial charge in [0.2, 0.25) is 0 Å². The second-order valence-electron chi connectivity index (χ2n) is 5.60.